The number of amides is 1. The first-order chi connectivity index (χ1) is 4.68. The number of unbranched alkanes of at least 4 members (excludes halogenated alkanes) is 2. The van der Waals surface area contributed by atoms with Crippen molar-refractivity contribution in [3.63, 3.8) is 0 Å². The number of hydrogen-bond acceptors (Lipinski definition) is 3. The molecular formula is C6H13NO2S. The normalized spacial score (nSPS) is 9.50. The molecule has 0 aromatic rings. The van der Waals surface area contributed by atoms with E-state index in [1.165, 1.54) is 0 Å². The third kappa shape index (κ3) is 4.64. The van der Waals surface area contributed by atoms with Gasteiger partial charge in [-0.15, -0.1) is 0 Å². The van der Waals surface area contributed by atoms with E-state index in [1.54, 1.807) is 0 Å². The Bertz CT molecular complexity index is 106. The molecule has 3 nitrogen and oxygen atoms in total. The summed E-state index contributed by atoms with van der Waals surface area (Å²) in [6.45, 7) is 2.06. The van der Waals surface area contributed by atoms with Crippen molar-refractivity contribution in [2.75, 3.05) is 0 Å². The van der Waals surface area contributed by atoms with Crippen LogP contribution in [0.2, 0.25) is 0 Å². The first-order valence-electron chi connectivity index (χ1n) is 3.39. The molecule has 0 spiro atoms. The molecule has 0 unspecified atom stereocenters. The van der Waals surface area contributed by atoms with E-state index in [9.17, 15) is 4.79 Å². The largest absolute Gasteiger partial charge is 0.275 e. The molecule has 0 bridgehead atoms. The molecule has 0 aliphatic heterocycles. The molecule has 1 N–H and O–H groups in total. The first-order valence-corrected chi connectivity index (χ1v) is 3.79. The van der Waals surface area contributed by atoms with Gasteiger partial charge in [-0.1, -0.05) is 19.8 Å². The maximum atomic E-state index is 10.6. The average Bonchev–Trinajstić information content (AvgIpc) is 1.88. The molecule has 0 aliphatic rings. The van der Waals surface area contributed by atoms with Crippen LogP contribution in [0.5, 0.6) is 0 Å². The van der Waals surface area contributed by atoms with Gasteiger partial charge in [0.1, 0.15) is 0 Å². The van der Waals surface area contributed by atoms with Crippen LogP contribution in [0.4, 0.5) is 0 Å². The molecule has 4 heteroatoms. The topological polar surface area (TPSA) is 40.5 Å². The van der Waals surface area contributed by atoms with E-state index in [0.29, 0.717) is 10.9 Å². The zero-order chi connectivity index (χ0) is 7.98. The van der Waals surface area contributed by atoms with E-state index in [0.717, 1.165) is 19.3 Å². The molecule has 0 aliphatic carbocycles. The van der Waals surface area contributed by atoms with E-state index < -0.39 is 0 Å². The molecule has 0 radical (unpaired) electrons. The van der Waals surface area contributed by atoms with Crippen LogP contribution < -0.4 is 0 Å². The van der Waals surface area contributed by atoms with Crippen LogP contribution in [0.15, 0.2) is 0 Å². The van der Waals surface area contributed by atoms with Crippen molar-refractivity contribution in [1.29, 1.82) is 0 Å². The second-order valence-corrected chi connectivity index (χ2v) is 2.52. The molecule has 0 heterocycles. The van der Waals surface area contributed by atoms with E-state index in [1.807, 2.05) is 0 Å². The van der Waals surface area contributed by atoms with Gasteiger partial charge in [-0.2, -0.15) is 4.47 Å². The Kier molecular flexibility index (Phi) is 5.43. The Morgan fingerprint density at radius 3 is 2.60 bits per heavy atom. The average molecular weight is 163 g/mol. The van der Waals surface area contributed by atoms with E-state index in [-0.39, 0.29) is 5.91 Å². The van der Waals surface area contributed by atoms with Crippen molar-refractivity contribution in [2.24, 2.45) is 0 Å². The van der Waals surface area contributed by atoms with Gasteiger partial charge in [0, 0.05) is 6.42 Å². The van der Waals surface area contributed by atoms with Gasteiger partial charge in [0.2, 0.25) is 0 Å². The molecule has 0 atom stereocenters. The predicted molar refractivity (Wildman–Crippen MR) is 41.8 cm³/mol. The number of thiol groups is 1. The molecule has 1 amide bonds. The summed E-state index contributed by atoms with van der Waals surface area (Å²) in [6, 6.07) is 0. The fraction of sp³-hybridized carbons (Fsp3) is 0.833. The molecule has 0 fully saturated rings. The minimum Gasteiger partial charge on any atom is -0.275 e. The summed E-state index contributed by atoms with van der Waals surface area (Å²) in [4.78, 5) is 10.6. The van der Waals surface area contributed by atoms with Gasteiger partial charge in [-0.3, -0.25) is 10.0 Å². The van der Waals surface area contributed by atoms with Gasteiger partial charge in [0.05, 0.1) is 0 Å². The van der Waals surface area contributed by atoms with E-state index in [2.05, 4.69) is 19.7 Å². The molecule has 0 saturated heterocycles. The summed E-state index contributed by atoms with van der Waals surface area (Å²) in [5.74, 6) is -0.336. The lowest BCUT2D eigenvalue weighted by atomic mass is 10.2. The fourth-order valence-corrected chi connectivity index (χ4v) is 0.726. The van der Waals surface area contributed by atoms with Crippen molar-refractivity contribution in [3.05, 3.63) is 0 Å². The number of nitrogens with zero attached hydrogens (tertiary/aromatic N) is 1. The van der Waals surface area contributed by atoms with Crippen LogP contribution in [0, 0.1) is 0 Å². The highest BCUT2D eigenvalue weighted by atomic mass is 32.1. The third-order valence-corrected chi connectivity index (χ3v) is 1.44. The van der Waals surface area contributed by atoms with Crippen molar-refractivity contribution in [1.82, 2.24) is 4.47 Å². The van der Waals surface area contributed by atoms with Gasteiger partial charge in [-0.05, 0) is 19.2 Å². The molecule has 0 aromatic carbocycles. The van der Waals surface area contributed by atoms with E-state index >= 15 is 0 Å². The fourth-order valence-electron chi connectivity index (χ4n) is 0.626. The van der Waals surface area contributed by atoms with Gasteiger partial charge in [0.25, 0.3) is 5.91 Å². The quantitative estimate of drug-likeness (QED) is 0.286. The summed E-state index contributed by atoms with van der Waals surface area (Å²) in [7, 11) is 0. The summed E-state index contributed by atoms with van der Waals surface area (Å²) in [5, 5.41) is 8.47. The standard InChI is InChI=1S/C6H13NO2S/c1-2-3-4-5-6(8)7(9)10/h9-10H,2-5H2,1H3. The Balaban J connectivity index is 3.22. The maximum absolute atomic E-state index is 10.6. The van der Waals surface area contributed by atoms with Crippen molar-refractivity contribution in [2.45, 2.75) is 32.6 Å². The highest BCUT2D eigenvalue weighted by Gasteiger charge is 2.04. The van der Waals surface area contributed by atoms with Crippen LogP contribution in [0.3, 0.4) is 0 Å². The molecule has 60 valence electrons. The van der Waals surface area contributed by atoms with Crippen LogP contribution in [0.25, 0.3) is 0 Å². The number of rotatable bonds is 4. The Labute approximate surface area is 66.5 Å². The summed E-state index contributed by atoms with van der Waals surface area (Å²) >= 11 is 3.43. The SMILES string of the molecule is CCCCCC(=O)N(O)S. The van der Waals surface area contributed by atoms with Gasteiger partial charge in [-0.25, -0.2) is 0 Å². The van der Waals surface area contributed by atoms with Crippen molar-refractivity contribution >= 4 is 18.7 Å². The maximum Gasteiger partial charge on any atom is 0.256 e. The zero-order valence-electron chi connectivity index (χ0n) is 6.08. The number of carbonyl (C=O) groups excluding carboxylic acids is 1. The van der Waals surface area contributed by atoms with Crippen LogP contribution in [-0.2, 0) is 4.79 Å². The molecule has 0 saturated carbocycles. The predicted octanol–water partition coefficient (Wildman–Crippen LogP) is 1.63. The Hall–Kier alpha value is -0.220. The van der Waals surface area contributed by atoms with E-state index in [4.69, 9.17) is 5.21 Å². The third-order valence-electron chi connectivity index (χ3n) is 1.22. The second kappa shape index (κ2) is 5.56. The number of carbonyl (C=O) groups is 1. The highest BCUT2D eigenvalue weighted by molar-refractivity contribution is 7.78. The highest BCUT2D eigenvalue weighted by Crippen LogP contribution is 2.02. The Morgan fingerprint density at radius 2 is 2.20 bits per heavy atom. The van der Waals surface area contributed by atoms with Crippen molar-refractivity contribution in [3.8, 4) is 0 Å². The minimum atomic E-state index is -0.336. The lowest BCUT2D eigenvalue weighted by Crippen LogP contribution is -2.16. The number of hydroxylamine groups is 1. The minimum absolute atomic E-state index is 0.336. The molecule has 0 aromatic heterocycles. The van der Waals surface area contributed by atoms with Crippen molar-refractivity contribution < 1.29 is 10.0 Å². The lowest BCUT2D eigenvalue weighted by molar-refractivity contribution is -0.144. The van der Waals surface area contributed by atoms with Gasteiger partial charge >= 0.3 is 0 Å². The summed E-state index contributed by atoms with van der Waals surface area (Å²) < 4.78 is 0.343. The second-order valence-electron chi connectivity index (χ2n) is 2.14. The Morgan fingerprint density at radius 1 is 1.60 bits per heavy atom. The summed E-state index contributed by atoms with van der Waals surface area (Å²) in [6.07, 6.45) is 3.30. The molecular weight excluding hydrogens is 150 g/mol. The smallest absolute Gasteiger partial charge is 0.256 e. The number of hydrogen-bond donors (Lipinski definition) is 2. The van der Waals surface area contributed by atoms with Crippen LogP contribution in [-0.4, -0.2) is 15.6 Å². The van der Waals surface area contributed by atoms with Gasteiger partial charge < -0.3 is 0 Å². The first kappa shape index (κ1) is 9.78. The molecule has 0 rings (SSSR count). The van der Waals surface area contributed by atoms with Gasteiger partial charge in [0.15, 0.2) is 0 Å². The zero-order valence-corrected chi connectivity index (χ0v) is 6.97. The van der Waals surface area contributed by atoms with Crippen LogP contribution in [0.1, 0.15) is 32.6 Å². The monoisotopic (exact) mass is 163 g/mol. The molecule has 10 heavy (non-hydrogen) atoms. The lowest BCUT2D eigenvalue weighted by Gasteiger charge is -2.04. The van der Waals surface area contributed by atoms with Crippen LogP contribution >= 0.6 is 12.8 Å². The summed E-state index contributed by atoms with van der Waals surface area (Å²) in [5.41, 5.74) is 0.